The maximum absolute atomic E-state index is 5.68. The van der Waals surface area contributed by atoms with Crippen LogP contribution in [0, 0.1) is 6.92 Å². The molecule has 4 N–H and O–H groups in total. The molecular weight excluding hydrogens is 188 g/mol. The van der Waals surface area contributed by atoms with Crippen molar-refractivity contribution in [2.24, 2.45) is 0 Å². The van der Waals surface area contributed by atoms with Crippen molar-refractivity contribution < 1.29 is 0 Å². The Labute approximate surface area is 88.5 Å². The van der Waals surface area contributed by atoms with Gasteiger partial charge in [0.15, 0.2) is 0 Å². The number of benzene rings is 1. The first-order valence-corrected chi connectivity index (χ1v) is 4.84. The molecule has 0 amide bonds. The van der Waals surface area contributed by atoms with Gasteiger partial charge in [-0.3, -0.25) is 5.10 Å². The van der Waals surface area contributed by atoms with Crippen LogP contribution < -0.4 is 11.1 Å². The maximum Gasteiger partial charge on any atom is 0.0539 e. The number of hydrogen-bond donors (Lipinski definition) is 3. The lowest BCUT2D eigenvalue weighted by Gasteiger charge is -2.05. The van der Waals surface area contributed by atoms with Gasteiger partial charge in [0.05, 0.1) is 6.20 Å². The number of nitrogen functional groups attached to an aromatic ring is 1. The van der Waals surface area contributed by atoms with E-state index in [0.29, 0.717) is 0 Å². The second-order valence-corrected chi connectivity index (χ2v) is 3.50. The van der Waals surface area contributed by atoms with Crippen LogP contribution in [0.15, 0.2) is 30.5 Å². The predicted octanol–water partition coefficient (Wildman–Crippen LogP) is 1.91. The smallest absolute Gasteiger partial charge is 0.0539 e. The highest BCUT2D eigenvalue weighted by atomic mass is 15.1. The molecule has 15 heavy (non-hydrogen) atoms. The average Bonchev–Trinajstić information content (AvgIpc) is 2.61. The van der Waals surface area contributed by atoms with E-state index in [2.05, 4.69) is 15.5 Å². The Bertz CT molecular complexity index is 447. The first-order chi connectivity index (χ1) is 7.25. The summed E-state index contributed by atoms with van der Waals surface area (Å²) in [6.45, 7) is 2.76. The van der Waals surface area contributed by atoms with Crippen LogP contribution in [0.4, 0.5) is 11.4 Å². The Hall–Kier alpha value is -1.97. The molecule has 0 spiro atoms. The second kappa shape index (κ2) is 4.04. The van der Waals surface area contributed by atoms with Gasteiger partial charge in [-0.15, -0.1) is 0 Å². The summed E-state index contributed by atoms with van der Waals surface area (Å²) < 4.78 is 0. The lowest BCUT2D eigenvalue weighted by atomic mass is 10.2. The van der Waals surface area contributed by atoms with Gasteiger partial charge in [-0.05, 0) is 25.1 Å². The zero-order valence-corrected chi connectivity index (χ0v) is 8.62. The van der Waals surface area contributed by atoms with Crippen molar-refractivity contribution in [2.45, 2.75) is 13.5 Å². The molecule has 4 nitrogen and oxygen atoms in total. The van der Waals surface area contributed by atoms with E-state index in [1.807, 2.05) is 37.4 Å². The molecule has 78 valence electrons. The molecule has 1 aromatic heterocycles. The van der Waals surface area contributed by atoms with Crippen molar-refractivity contribution in [1.29, 1.82) is 0 Å². The number of aryl methyl sites for hydroxylation is 1. The zero-order valence-electron chi connectivity index (χ0n) is 8.62. The SMILES string of the molecule is Cc1[nH]ncc1CNc1cccc(N)c1. The van der Waals surface area contributed by atoms with Crippen LogP contribution in [-0.4, -0.2) is 10.2 Å². The third-order valence-electron chi connectivity index (χ3n) is 2.30. The average molecular weight is 202 g/mol. The second-order valence-electron chi connectivity index (χ2n) is 3.50. The number of rotatable bonds is 3. The number of aromatic amines is 1. The molecule has 0 unspecified atom stereocenters. The standard InChI is InChI=1S/C11H14N4/c1-8-9(7-14-15-8)6-13-11-4-2-3-10(12)5-11/h2-5,7,13H,6,12H2,1H3,(H,14,15). The highest BCUT2D eigenvalue weighted by Crippen LogP contribution is 2.13. The van der Waals surface area contributed by atoms with Gasteiger partial charge in [0, 0.05) is 29.2 Å². The van der Waals surface area contributed by atoms with Gasteiger partial charge in [-0.2, -0.15) is 5.10 Å². The molecule has 0 aliphatic carbocycles. The Kier molecular flexibility index (Phi) is 2.58. The van der Waals surface area contributed by atoms with Crippen molar-refractivity contribution in [3.05, 3.63) is 41.7 Å². The number of nitrogens with zero attached hydrogens (tertiary/aromatic N) is 1. The normalized spacial score (nSPS) is 10.2. The molecule has 4 heteroatoms. The molecular formula is C11H14N4. The monoisotopic (exact) mass is 202 g/mol. The van der Waals surface area contributed by atoms with Crippen LogP contribution in [0.25, 0.3) is 0 Å². The number of nitrogens with one attached hydrogen (secondary N) is 2. The number of H-pyrrole nitrogens is 1. The fourth-order valence-corrected chi connectivity index (χ4v) is 1.40. The molecule has 0 aliphatic heterocycles. The van der Waals surface area contributed by atoms with Gasteiger partial charge in [0.25, 0.3) is 0 Å². The summed E-state index contributed by atoms with van der Waals surface area (Å²) >= 11 is 0. The molecule has 0 bridgehead atoms. The minimum Gasteiger partial charge on any atom is -0.399 e. The van der Waals surface area contributed by atoms with E-state index >= 15 is 0 Å². The van der Waals surface area contributed by atoms with E-state index < -0.39 is 0 Å². The molecule has 2 rings (SSSR count). The van der Waals surface area contributed by atoms with Crippen LogP contribution in [0.5, 0.6) is 0 Å². The largest absolute Gasteiger partial charge is 0.399 e. The number of hydrogen-bond acceptors (Lipinski definition) is 3. The highest BCUT2D eigenvalue weighted by molar-refractivity contribution is 5.54. The van der Waals surface area contributed by atoms with Gasteiger partial charge in [-0.1, -0.05) is 6.07 Å². The molecule has 1 heterocycles. The molecule has 0 atom stereocenters. The summed E-state index contributed by atoms with van der Waals surface area (Å²) in [6.07, 6.45) is 1.83. The molecule has 1 aromatic carbocycles. The van der Waals surface area contributed by atoms with Crippen molar-refractivity contribution in [3.63, 3.8) is 0 Å². The summed E-state index contributed by atoms with van der Waals surface area (Å²) in [4.78, 5) is 0. The Morgan fingerprint density at radius 3 is 3.00 bits per heavy atom. The zero-order chi connectivity index (χ0) is 10.7. The number of anilines is 2. The predicted molar refractivity (Wildman–Crippen MR) is 61.5 cm³/mol. The van der Waals surface area contributed by atoms with Gasteiger partial charge >= 0.3 is 0 Å². The molecule has 0 aliphatic rings. The molecule has 0 saturated heterocycles. The van der Waals surface area contributed by atoms with Gasteiger partial charge < -0.3 is 11.1 Å². The first-order valence-electron chi connectivity index (χ1n) is 4.84. The van der Waals surface area contributed by atoms with Crippen LogP contribution in [-0.2, 0) is 6.54 Å². The minimum atomic E-state index is 0.756. The van der Waals surface area contributed by atoms with Gasteiger partial charge in [0.2, 0.25) is 0 Å². The van der Waals surface area contributed by atoms with Gasteiger partial charge in [0.1, 0.15) is 0 Å². The third-order valence-corrected chi connectivity index (χ3v) is 2.30. The van der Waals surface area contributed by atoms with Crippen molar-refractivity contribution in [1.82, 2.24) is 10.2 Å². The van der Waals surface area contributed by atoms with Crippen LogP contribution in [0.2, 0.25) is 0 Å². The van der Waals surface area contributed by atoms with E-state index in [-0.39, 0.29) is 0 Å². The summed E-state index contributed by atoms with van der Waals surface area (Å²) in [5.41, 5.74) is 9.72. The first kappa shape index (κ1) is 9.58. The topological polar surface area (TPSA) is 66.7 Å². The molecule has 2 aromatic rings. The summed E-state index contributed by atoms with van der Waals surface area (Å²) in [7, 11) is 0. The minimum absolute atomic E-state index is 0.756. The van der Waals surface area contributed by atoms with Gasteiger partial charge in [-0.25, -0.2) is 0 Å². The van der Waals surface area contributed by atoms with E-state index in [1.165, 1.54) is 0 Å². The van der Waals surface area contributed by atoms with E-state index in [9.17, 15) is 0 Å². The quantitative estimate of drug-likeness (QED) is 0.666. The van der Waals surface area contributed by atoms with Crippen LogP contribution in [0.3, 0.4) is 0 Å². The Morgan fingerprint density at radius 1 is 1.47 bits per heavy atom. The maximum atomic E-state index is 5.68. The van der Waals surface area contributed by atoms with Crippen molar-refractivity contribution in [2.75, 3.05) is 11.1 Å². The van der Waals surface area contributed by atoms with E-state index in [1.54, 1.807) is 0 Å². The Balaban J connectivity index is 2.02. The summed E-state index contributed by atoms with van der Waals surface area (Å²) in [5.74, 6) is 0. The Morgan fingerprint density at radius 2 is 2.33 bits per heavy atom. The summed E-state index contributed by atoms with van der Waals surface area (Å²) in [6, 6.07) is 7.70. The number of aromatic nitrogens is 2. The lowest BCUT2D eigenvalue weighted by molar-refractivity contribution is 1.04. The molecule has 0 saturated carbocycles. The van der Waals surface area contributed by atoms with E-state index in [0.717, 1.165) is 29.2 Å². The molecule has 0 fully saturated rings. The highest BCUT2D eigenvalue weighted by Gasteiger charge is 1.99. The third kappa shape index (κ3) is 2.28. The fourth-order valence-electron chi connectivity index (χ4n) is 1.40. The van der Waals surface area contributed by atoms with E-state index in [4.69, 9.17) is 5.73 Å². The van der Waals surface area contributed by atoms with Crippen LogP contribution in [0.1, 0.15) is 11.3 Å². The fraction of sp³-hybridized carbons (Fsp3) is 0.182. The van der Waals surface area contributed by atoms with Crippen LogP contribution >= 0.6 is 0 Å². The van der Waals surface area contributed by atoms with Crippen molar-refractivity contribution >= 4 is 11.4 Å². The lowest BCUT2D eigenvalue weighted by Crippen LogP contribution is -2.00. The molecule has 0 radical (unpaired) electrons. The van der Waals surface area contributed by atoms with Crippen molar-refractivity contribution in [3.8, 4) is 0 Å². The summed E-state index contributed by atoms with van der Waals surface area (Å²) in [5, 5.41) is 10.2. The number of nitrogens with two attached hydrogens (primary N) is 1.